The number of nitrogens with one attached hydrogen (secondary N) is 2. The van der Waals surface area contributed by atoms with Crippen molar-refractivity contribution < 1.29 is 24.0 Å². The number of aromatic nitrogens is 3. The molecule has 1 saturated heterocycles. The quantitative estimate of drug-likeness (QED) is 0.465. The summed E-state index contributed by atoms with van der Waals surface area (Å²) in [5.74, 6) is -1.58. The predicted octanol–water partition coefficient (Wildman–Crippen LogP) is 1.87. The van der Waals surface area contributed by atoms with Crippen molar-refractivity contribution in [3.63, 3.8) is 0 Å². The lowest BCUT2D eigenvalue weighted by Gasteiger charge is -2.51. The van der Waals surface area contributed by atoms with E-state index in [4.69, 9.17) is 21.1 Å². The minimum Gasteiger partial charge on any atom is -0.391 e. The number of carbonyl (C=O) groups excluding carboxylic acids is 3. The lowest BCUT2D eigenvalue weighted by molar-refractivity contribution is -0.148. The molecule has 0 aromatic carbocycles. The number of carbonyl (C=O) groups is 3. The highest BCUT2D eigenvalue weighted by Crippen LogP contribution is 2.49. The Hall–Kier alpha value is -3.09. The number of hydrogen-bond donors (Lipinski definition) is 3. The van der Waals surface area contributed by atoms with Crippen LogP contribution in [0.4, 0.5) is 10.5 Å². The summed E-state index contributed by atoms with van der Waals surface area (Å²) in [7, 11) is 0. The van der Waals surface area contributed by atoms with E-state index in [-0.39, 0.29) is 17.0 Å². The molecule has 2 aliphatic heterocycles. The number of barbiturate groups is 1. The summed E-state index contributed by atoms with van der Waals surface area (Å²) >= 11 is 8.14. The van der Waals surface area contributed by atoms with Crippen LogP contribution in [0.1, 0.15) is 26.0 Å². The standard InChI is InChI=1S/C20H19ClN6O5S/c1-3-4-27-14-9(5-20(16(27)8(2)28)17(29)24-19(31)25-18(20)30)23-13-12(10-6-22-7-33-10)26-32-15(13)11(14)21/h6-8,16,28H,3-5H2,1-2H3,(H2,24,25,29,30,31). The Morgan fingerprint density at radius 2 is 2.09 bits per heavy atom. The van der Waals surface area contributed by atoms with Gasteiger partial charge in [0.05, 0.1) is 33.9 Å². The molecule has 3 aromatic heterocycles. The smallest absolute Gasteiger partial charge is 0.328 e. The summed E-state index contributed by atoms with van der Waals surface area (Å²) in [6, 6.07) is -1.90. The zero-order chi connectivity index (χ0) is 23.5. The second kappa shape index (κ2) is 7.75. The average Bonchev–Trinajstić information content (AvgIpc) is 3.41. The van der Waals surface area contributed by atoms with Gasteiger partial charge in [-0.25, -0.2) is 9.78 Å². The molecule has 0 saturated carbocycles. The van der Waals surface area contributed by atoms with Gasteiger partial charge < -0.3 is 14.5 Å². The number of halogens is 1. The van der Waals surface area contributed by atoms with E-state index in [0.29, 0.717) is 40.4 Å². The molecule has 4 amide bonds. The molecule has 2 unspecified atom stereocenters. The monoisotopic (exact) mass is 490 g/mol. The van der Waals surface area contributed by atoms with E-state index >= 15 is 0 Å². The number of urea groups is 1. The van der Waals surface area contributed by atoms with Crippen molar-refractivity contribution in [3.05, 3.63) is 22.4 Å². The number of amides is 4. The Morgan fingerprint density at radius 3 is 2.70 bits per heavy atom. The first-order chi connectivity index (χ1) is 15.8. The number of hydrogen-bond acceptors (Lipinski definition) is 10. The van der Waals surface area contributed by atoms with Gasteiger partial charge in [0.1, 0.15) is 10.5 Å². The lowest BCUT2D eigenvalue weighted by atomic mass is 9.68. The van der Waals surface area contributed by atoms with Crippen LogP contribution in [0.5, 0.6) is 0 Å². The number of nitrogens with zero attached hydrogens (tertiary/aromatic N) is 4. The van der Waals surface area contributed by atoms with Crippen molar-refractivity contribution in [1.82, 2.24) is 25.8 Å². The largest absolute Gasteiger partial charge is 0.391 e. The van der Waals surface area contributed by atoms with Crippen molar-refractivity contribution in [2.75, 3.05) is 11.4 Å². The van der Waals surface area contributed by atoms with Gasteiger partial charge in [0.25, 0.3) is 0 Å². The van der Waals surface area contributed by atoms with Gasteiger partial charge >= 0.3 is 6.03 Å². The minimum absolute atomic E-state index is 0.175. The van der Waals surface area contributed by atoms with Crippen LogP contribution < -0.4 is 15.5 Å². The highest BCUT2D eigenvalue weighted by Gasteiger charge is 2.62. The molecule has 1 fully saturated rings. The number of imide groups is 2. The molecule has 2 aliphatic rings. The van der Waals surface area contributed by atoms with Gasteiger partial charge in [-0.05, 0) is 13.3 Å². The summed E-state index contributed by atoms with van der Waals surface area (Å²) < 4.78 is 5.53. The number of anilines is 1. The molecule has 3 aromatic rings. The Labute approximate surface area is 196 Å². The van der Waals surface area contributed by atoms with Crippen LogP contribution in [0.2, 0.25) is 5.02 Å². The zero-order valence-corrected chi connectivity index (χ0v) is 19.2. The molecule has 5 heterocycles. The van der Waals surface area contributed by atoms with Gasteiger partial charge in [-0.1, -0.05) is 23.7 Å². The summed E-state index contributed by atoms with van der Waals surface area (Å²) in [6.07, 6.45) is 0.951. The van der Waals surface area contributed by atoms with Gasteiger partial charge in [0, 0.05) is 19.2 Å². The Morgan fingerprint density at radius 1 is 1.36 bits per heavy atom. The third kappa shape index (κ3) is 3.05. The van der Waals surface area contributed by atoms with E-state index < -0.39 is 35.4 Å². The zero-order valence-electron chi connectivity index (χ0n) is 17.6. The first kappa shape index (κ1) is 21.7. The molecular formula is C20H19ClN6O5S. The van der Waals surface area contributed by atoms with Crippen LogP contribution in [0, 0.1) is 5.41 Å². The second-order valence-corrected chi connectivity index (χ2v) is 9.32. The number of aliphatic hydroxyl groups is 1. The molecule has 3 N–H and O–H groups in total. The van der Waals surface area contributed by atoms with Crippen LogP contribution in [0.3, 0.4) is 0 Å². The maximum Gasteiger partial charge on any atom is 0.328 e. The Bertz CT molecular complexity index is 1270. The normalized spacial score (nSPS) is 20.7. The first-order valence-corrected chi connectivity index (χ1v) is 11.5. The fourth-order valence-electron chi connectivity index (χ4n) is 4.80. The van der Waals surface area contributed by atoms with Crippen molar-refractivity contribution in [3.8, 4) is 10.6 Å². The molecule has 0 bridgehead atoms. The molecule has 11 nitrogen and oxygen atoms in total. The van der Waals surface area contributed by atoms with E-state index in [9.17, 15) is 19.5 Å². The van der Waals surface area contributed by atoms with E-state index in [1.165, 1.54) is 18.3 Å². The third-order valence-corrected chi connectivity index (χ3v) is 7.15. The van der Waals surface area contributed by atoms with Crippen molar-refractivity contribution in [1.29, 1.82) is 0 Å². The number of aliphatic hydroxyl groups excluding tert-OH is 1. The number of pyridine rings is 1. The van der Waals surface area contributed by atoms with Crippen molar-refractivity contribution in [2.24, 2.45) is 5.41 Å². The highest BCUT2D eigenvalue weighted by atomic mass is 35.5. The van der Waals surface area contributed by atoms with Crippen LogP contribution in [0.25, 0.3) is 21.7 Å². The lowest BCUT2D eigenvalue weighted by Crippen LogP contribution is -2.73. The van der Waals surface area contributed by atoms with Gasteiger partial charge in [-0.2, -0.15) is 0 Å². The maximum absolute atomic E-state index is 13.2. The topological polar surface area (TPSA) is 151 Å². The summed E-state index contributed by atoms with van der Waals surface area (Å²) in [5, 5.41) is 19.5. The van der Waals surface area contributed by atoms with Crippen LogP contribution in [-0.2, 0) is 16.0 Å². The minimum atomic E-state index is -1.80. The number of rotatable bonds is 4. The van der Waals surface area contributed by atoms with E-state index in [0.717, 1.165) is 0 Å². The van der Waals surface area contributed by atoms with Crippen LogP contribution >= 0.6 is 22.9 Å². The second-order valence-electron chi connectivity index (χ2n) is 8.06. The van der Waals surface area contributed by atoms with E-state index in [2.05, 4.69) is 20.8 Å². The maximum atomic E-state index is 13.2. The number of fused-ring (bicyclic) bond motifs is 2. The molecule has 5 rings (SSSR count). The molecule has 172 valence electrons. The average molecular weight is 491 g/mol. The Balaban J connectivity index is 1.79. The fraction of sp³-hybridized carbons (Fsp3) is 0.400. The SMILES string of the molecule is CCCN1c2c(nc3c(-c4cncs4)noc3c2Cl)CC2(C(=O)NC(=O)NC2=O)C1C(C)O. The summed E-state index contributed by atoms with van der Waals surface area (Å²) in [5.41, 5.74) is 1.76. The summed E-state index contributed by atoms with van der Waals surface area (Å²) in [6.45, 7) is 3.77. The molecule has 1 spiro atoms. The van der Waals surface area contributed by atoms with Crippen LogP contribution in [0.15, 0.2) is 16.2 Å². The van der Waals surface area contributed by atoms with Gasteiger partial charge in [-0.3, -0.25) is 25.2 Å². The third-order valence-electron chi connectivity index (χ3n) is 6.02. The molecular weight excluding hydrogens is 472 g/mol. The number of thiazole rings is 1. The molecule has 2 atom stereocenters. The fourth-order valence-corrected chi connectivity index (χ4v) is 5.74. The van der Waals surface area contributed by atoms with Crippen molar-refractivity contribution in [2.45, 2.75) is 38.8 Å². The van der Waals surface area contributed by atoms with Crippen LogP contribution in [-0.4, -0.2) is 56.8 Å². The van der Waals surface area contributed by atoms with E-state index in [1.54, 1.807) is 16.6 Å². The van der Waals surface area contributed by atoms with Gasteiger partial charge in [-0.15, -0.1) is 11.3 Å². The summed E-state index contributed by atoms with van der Waals surface area (Å²) in [4.78, 5) is 49.4. The van der Waals surface area contributed by atoms with Gasteiger partial charge in [0.2, 0.25) is 17.4 Å². The molecule has 0 radical (unpaired) electrons. The molecule has 13 heteroatoms. The molecule has 0 aliphatic carbocycles. The Kier molecular flexibility index (Phi) is 5.10. The first-order valence-electron chi connectivity index (χ1n) is 10.3. The molecule has 33 heavy (non-hydrogen) atoms. The van der Waals surface area contributed by atoms with E-state index in [1.807, 2.05) is 6.92 Å². The highest BCUT2D eigenvalue weighted by molar-refractivity contribution is 7.13. The van der Waals surface area contributed by atoms with Gasteiger partial charge in [0.15, 0.2) is 11.1 Å². The van der Waals surface area contributed by atoms with Crippen molar-refractivity contribution >= 4 is 57.6 Å². The predicted molar refractivity (Wildman–Crippen MR) is 119 cm³/mol.